The Labute approximate surface area is 100 Å². The molecule has 0 amide bonds. The molecule has 0 saturated heterocycles. The van der Waals surface area contributed by atoms with Crippen LogP contribution in [0.5, 0.6) is 5.75 Å². The van der Waals surface area contributed by atoms with Gasteiger partial charge in [-0.05, 0) is 30.7 Å². The quantitative estimate of drug-likeness (QED) is 0.568. The highest BCUT2D eigenvalue weighted by Crippen LogP contribution is 2.15. The molecule has 0 spiro atoms. The van der Waals surface area contributed by atoms with Crippen molar-refractivity contribution in [2.75, 3.05) is 12.4 Å². The van der Waals surface area contributed by atoms with Crippen LogP contribution in [0.15, 0.2) is 18.2 Å². The summed E-state index contributed by atoms with van der Waals surface area (Å²) in [5, 5.41) is 0. The summed E-state index contributed by atoms with van der Waals surface area (Å²) in [4.78, 5) is 0. The van der Waals surface area contributed by atoms with Crippen molar-refractivity contribution in [2.24, 2.45) is 0 Å². The van der Waals surface area contributed by atoms with Crippen molar-refractivity contribution in [1.82, 2.24) is 0 Å². The predicted molar refractivity (Wildman–Crippen MR) is 64.2 cm³/mol. The average molecular weight is 246 g/mol. The zero-order chi connectivity index (χ0) is 11.8. The van der Waals surface area contributed by atoms with E-state index >= 15 is 0 Å². The van der Waals surface area contributed by atoms with Gasteiger partial charge in [0, 0.05) is 6.07 Å². The molecule has 1 nitrogen and oxygen atoms in total. The summed E-state index contributed by atoms with van der Waals surface area (Å²) in [6, 6.07) is 3.58. The SMILES string of the molecule is Fc1ccc(OCCCCCCS)cc1F. The molecule has 0 N–H and O–H groups in total. The Morgan fingerprint density at radius 3 is 2.44 bits per heavy atom. The van der Waals surface area contributed by atoms with Crippen molar-refractivity contribution in [2.45, 2.75) is 25.7 Å². The summed E-state index contributed by atoms with van der Waals surface area (Å²) < 4.78 is 30.7. The van der Waals surface area contributed by atoms with Crippen LogP contribution >= 0.6 is 12.6 Å². The van der Waals surface area contributed by atoms with E-state index in [9.17, 15) is 8.78 Å². The summed E-state index contributed by atoms with van der Waals surface area (Å²) >= 11 is 4.12. The van der Waals surface area contributed by atoms with E-state index in [0.717, 1.165) is 43.6 Å². The minimum Gasteiger partial charge on any atom is -0.493 e. The zero-order valence-electron chi connectivity index (χ0n) is 9.09. The van der Waals surface area contributed by atoms with Crippen LogP contribution in [0.1, 0.15) is 25.7 Å². The lowest BCUT2D eigenvalue weighted by Gasteiger charge is -2.06. The van der Waals surface area contributed by atoms with Gasteiger partial charge in [0.15, 0.2) is 11.6 Å². The Morgan fingerprint density at radius 1 is 1.00 bits per heavy atom. The monoisotopic (exact) mass is 246 g/mol. The molecule has 0 atom stereocenters. The third kappa shape index (κ3) is 4.84. The second kappa shape index (κ2) is 7.49. The summed E-state index contributed by atoms with van der Waals surface area (Å²) in [6.45, 7) is 0.539. The maximum absolute atomic E-state index is 12.8. The number of rotatable bonds is 7. The highest BCUT2D eigenvalue weighted by atomic mass is 32.1. The summed E-state index contributed by atoms with van der Waals surface area (Å²) in [5.74, 6) is -0.425. The van der Waals surface area contributed by atoms with Gasteiger partial charge in [-0.15, -0.1) is 0 Å². The smallest absolute Gasteiger partial charge is 0.162 e. The van der Waals surface area contributed by atoms with Crippen molar-refractivity contribution < 1.29 is 13.5 Å². The molecule has 16 heavy (non-hydrogen) atoms. The van der Waals surface area contributed by atoms with Gasteiger partial charge in [-0.25, -0.2) is 8.78 Å². The fourth-order valence-corrected chi connectivity index (χ4v) is 1.55. The van der Waals surface area contributed by atoms with Crippen molar-refractivity contribution in [3.8, 4) is 5.75 Å². The van der Waals surface area contributed by atoms with Crippen LogP contribution in [0.3, 0.4) is 0 Å². The van der Waals surface area contributed by atoms with Crippen LogP contribution in [0.4, 0.5) is 8.78 Å². The Morgan fingerprint density at radius 2 is 1.75 bits per heavy atom. The van der Waals surface area contributed by atoms with Gasteiger partial charge in [-0.1, -0.05) is 12.8 Å². The fraction of sp³-hybridized carbons (Fsp3) is 0.500. The van der Waals surface area contributed by atoms with E-state index in [1.54, 1.807) is 0 Å². The van der Waals surface area contributed by atoms with Crippen LogP contribution in [0.2, 0.25) is 0 Å². The lowest BCUT2D eigenvalue weighted by Crippen LogP contribution is -1.98. The Bertz CT molecular complexity index is 318. The first-order valence-corrected chi connectivity index (χ1v) is 6.06. The molecule has 4 heteroatoms. The maximum atomic E-state index is 12.8. The lowest BCUT2D eigenvalue weighted by atomic mass is 10.2. The van der Waals surface area contributed by atoms with Gasteiger partial charge in [-0.2, -0.15) is 12.6 Å². The molecule has 1 aromatic rings. The summed E-state index contributed by atoms with van der Waals surface area (Å²) in [6.07, 6.45) is 4.23. The molecule has 0 saturated carbocycles. The van der Waals surface area contributed by atoms with Crippen LogP contribution in [0.25, 0.3) is 0 Å². The fourth-order valence-electron chi connectivity index (χ4n) is 1.32. The van der Waals surface area contributed by atoms with Crippen LogP contribution in [-0.4, -0.2) is 12.4 Å². The normalized spacial score (nSPS) is 10.4. The third-order valence-electron chi connectivity index (χ3n) is 2.21. The molecule has 0 fully saturated rings. The van der Waals surface area contributed by atoms with Gasteiger partial charge in [0.05, 0.1) is 6.61 Å². The van der Waals surface area contributed by atoms with E-state index in [4.69, 9.17) is 4.74 Å². The van der Waals surface area contributed by atoms with Crippen LogP contribution < -0.4 is 4.74 Å². The largest absolute Gasteiger partial charge is 0.493 e. The predicted octanol–water partition coefficient (Wildman–Crippen LogP) is 3.83. The maximum Gasteiger partial charge on any atom is 0.162 e. The van der Waals surface area contributed by atoms with Crippen molar-refractivity contribution in [3.05, 3.63) is 29.8 Å². The Balaban J connectivity index is 2.19. The van der Waals surface area contributed by atoms with Gasteiger partial charge in [0.25, 0.3) is 0 Å². The number of ether oxygens (including phenoxy) is 1. The molecule has 0 radical (unpaired) electrons. The van der Waals surface area contributed by atoms with E-state index in [1.807, 2.05) is 0 Å². The number of hydrogen-bond acceptors (Lipinski definition) is 2. The Hall–Kier alpha value is -0.770. The molecule has 0 bridgehead atoms. The molecule has 1 aromatic carbocycles. The van der Waals surface area contributed by atoms with Crippen LogP contribution in [-0.2, 0) is 0 Å². The van der Waals surface area contributed by atoms with E-state index in [0.29, 0.717) is 12.4 Å². The number of benzene rings is 1. The van der Waals surface area contributed by atoms with Crippen LogP contribution in [0, 0.1) is 11.6 Å². The molecule has 90 valence electrons. The molecule has 0 aromatic heterocycles. The first-order chi connectivity index (χ1) is 7.74. The minimum atomic E-state index is -0.868. The average Bonchev–Trinajstić information content (AvgIpc) is 2.28. The third-order valence-corrected chi connectivity index (χ3v) is 2.53. The van der Waals surface area contributed by atoms with Gasteiger partial charge in [-0.3, -0.25) is 0 Å². The topological polar surface area (TPSA) is 9.23 Å². The molecular formula is C12H16F2OS. The molecular weight excluding hydrogens is 230 g/mol. The summed E-state index contributed by atoms with van der Waals surface area (Å²) in [7, 11) is 0. The lowest BCUT2D eigenvalue weighted by molar-refractivity contribution is 0.302. The number of unbranched alkanes of at least 4 members (excludes halogenated alkanes) is 3. The van der Waals surface area contributed by atoms with E-state index in [2.05, 4.69) is 12.6 Å². The molecule has 0 unspecified atom stereocenters. The highest BCUT2D eigenvalue weighted by Gasteiger charge is 2.02. The number of halogens is 2. The van der Waals surface area contributed by atoms with E-state index in [1.165, 1.54) is 6.07 Å². The molecule has 0 aliphatic carbocycles. The number of hydrogen-bond donors (Lipinski definition) is 1. The first kappa shape index (κ1) is 13.3. The standard InChI is InChI=1S/C12H16F2OS/c13-11-6-5-10(9-12(11)14)15-7-3-1-2-4-8-16/h5-6,9,16H,1-4,7-8H2. The minimum absolute atomic E-state index is 0.382. The highest BCUT2D eigenvalue weighted by molar-refractivity contribution is 7.80. The van der Waals surface area contributed by atoms with Crippen molar-refractivity contribution in [1.29, 1.82) is 0 Å². The second-order valence-corrected chi connectivity index (χ2v) is 4.01. The Kier molecular flexibility index (Phi) is 6.23. The molecule has 0 aliphatic rings. The first-order valence-electron chi connectivity index (χ1n) is 5.43. The van der Waals surface area contributed by atoms with E-state index < -0.39 is 11.6 Å². The van der Waals surface area contributed by atoms with Gasteiger partial charge in [0.2, 0.25) is 0 Å². The molecule has 0 aliphatic heterocycles. The van der Waals surface area contributed by atoms with E-state index in [-0.39, 0.29) is 0 Å². The molecule has 1 rings (SSSR count). The van der Waals surface area contributed by atoms with Gasteiger partial charge in [0.1, 0.15) is 5.75 Å². The zero-order valence-corrected chi connectivity index (χ0v) is 9.98. The summed E-state index contributed by atoms with van der Waals surface area (Å²) in [5.41, 5.74) is 0. The van der Waals surface area contributed by atoms with Gasteiger partial charge >= 0.3 is 0 Å². The second-order valence-electron chi connectivity index (χ2n) is 3.56. The molecule has 0 heterocycles. The number of thiol groups is 1. The van der Waals surface area contributed by atoms with Gasteiger partial charge < -0.3 is 4.74 Å². The van der Waals surface area contributed by atoms with Crippen molar-refractivity contribution in [3.63, 3.8) is 0 Å². The van der Waals surface area contributed by atoms with Crippen molar-refractivity contribution >= 4 is 12.6 Å².